The number of hydrogen-bond donors (Lipinski definition) is 1. The zero-order chi connectivity index (χ0) is 6.57. The van der Waals surface area contributed by atoms with Crippen LogP contribution in [0.1, 0.15) is 6.92 Å². The molecule has 0 rings (SSSR count). The van der Waals surface area contributed by atoms with E-state index < -0.39 is 0 Å². The summed E-state index contributed by atoms with van der Waals surface area (Å²) in [6.07, 6.45) is 0. The number of rotatable bonds is 2. The maximum atomic E-state index is 5.24. The summed E-state index contributed by atoms with van der Waals surface area (Å²) in [7, 11) is 0. The van der Waals surface area contributed by atoms with Crippen molar-refractivity contribution in [2.75, 3.05) is 0 Å². The minimum absolute atomic E-state index is 0.333. The second-order valence-electron chi connectivity index (χ2n) is 1.41. The molecular formula is C5H9N3. The zero-order valence-electron chi connectivity index (χ0n) is 4.89. The van der Waals surface area contributed by atoms with E-state index in [1.54, 1.807) is 6.92 Å². The molecule has 0 unspecified atom stereocenters. The molecule has 3 heteroatoms. The van der Waals surface area contributed by atoms with Gasteiger partial charge in [-0.25, -0.2) is 0 Å². The quantitative estimate of drug-likeness (QED) is 0.315. The molecule has 44 valence electrons. The zero-order valence-corrected chi connectivity index (χ0v) is 4.89. The Morgan fingerprint density at radius 1 is 1.62 bits per heavy atom. The minimum Gasteiger partial charge on any atom is -0.382 e. The van der Waals surface area contributed by atoms with Crippen molar-refractivity contribution < 1.29 is 0 Å². The van der Waals surface area contributed by atoms with Crippen LogP contribution < -0.4 is 5.73 Å². The van der Waals surface area contributed by atoms with Gasteiger partial charge in [0, 0.05) is 6.72 Å². The Kier molecular flexibility index (Phi) is 2.54. The van der Waals surface area contributed by atoms with E-state index in [0.29, 0.717) is 11.4 Å². The average Bonchev–Trinajstić information content (AvgIpc) is 1.67. The van der Waals surface area contributed by atoms with Crippen LogP contribution in [0.15, 0.2) is 22.4 Å². The van der Waals surface area contributed by atoms with Gasteiger partial charge in [-0.1, -0.05) is 6.58 Å². The van der Waals surface area contributed by atoms with Crippen LogP contribution in [0.4, 0.5) is 0 Å². The van der Waals surface area contributed by atoms with Crippen molar-refractivity contribution in [1.82, 2.24) is 0 Å². The molecule has 0 aliphatic carbocycles. The third-order valence-electron chi connectivity index (χ3n) is 0.616. The van der Waals surface area contributed by atoms with Crippen LogP contribution in [0.2, 0.25) is 0 Å². The molecule has 0 atom stereocenters. The van der Waals surface area contributed by atoms with Gasteiger partial charge in [-0.3, -0.25) is 0 Å². The normalized spacial score (nSPS) is 10.9. The van der Waals surface area contributed by atoms with E-state index in [1.165, 1.54) is 0 Å². The molecular weight excluding hydrogens is 102 g/mol. The third-order valence-corrected chi connectivity index (χ3v) is 0.616. The highest BCUT2D eigenvalue weighted by molar-refractivity contribution is 5.95. The van der Waals surface area contributed by atoms with Crippen molar-refractivity contribution in [1.29, 1.82) is 0 Å². The van der Waals surface area contributed by atoms with Gasteiger partial charge in [-0.05, 0) is 12.5 Å². The molecule has 0 aromatic rings. The van der Waals surface area contributed by atoms with Crippen molar-refractivity contribution in [3.63, 3.8) is 0 Å². The van der Waals surface area contributed by atoms with Gasteiger partial charge >= 0.3 is 0 Å². The van der Waals surface area contributed by atoms with Crippen molar-refractivity contribution in [2.45, 2.75) is 6.92 Å². The molecule has 0 aliphatic rings. The highest BCUT2D eigenvalue weighted by Crippen LogP contribution is 1.85. The Balaban J connectivity index is 3.99. The number of amidine groups is 1. The van der Waals surface area contributed by atoms with Gasteiger partial charge in [0.2, 0.25) is 0 Å². The molecule has 0 saturated heterocycles. The van der Waals surface area contributed by atoms with Gasteiger partial charge in [-0.2, -0.15) is 5.10 Å². The molecule has 0 heterocycles. The smallest absolute Gasteiger partial charge is 0.148 e. The fourth-order valence-electron chi connectivity index (χ4n) is 0.162. The van der Waals surface area contributed by atoms with Crippen LogP contribution in [0, 0.1) is 0 Å². The molecule has 3 nitrogen and oxygen atoms in total. The van der Waals surface area contributed by atoms with E-state index in [-0.39, 0.29) is 0 Å². The number of hydrogen-bond acceptors (Lipinski definition) is 2. The lowest BCUT2D eigenvalue weighted by atomic mass is 10.3. The number of nitrogens with zero attached hydrogens (tertiary/aromatic N) is 2. The Hall–Kier alpha value is -1.12. The molecule has 2 N–H and O–H groups in total. The summed E-state index contributed by atoms with van der Waals surface area (Å²) >= 11 is 0. The van der Waals surface area contributed by atoms with E-state index in [1.807, 2.05) is 0 Å². The summed E-state index contributed by atoms with van der Waals surface area (Å²) in [6, 6.07) is 0. The van der Waals surface area contributed by atoms with E-state index in [9.17, 15) is 0 Å². The van der Waals surface area contributed by atoms with Crippen molar-refractivity contribution in [3.8, 4) is 0 Å². The lowest BCUT2D eigenvalue weighted by molar-refractivity contribution is 1.24. The first-order chi connectivity index (χ1) is 3.68. The molecule has 0 amide bonds. The van der Waals surface area contributed by atoms with Crippen LogP contribution in [0.3, 0.4) is 0 Å². The highest BCUT2D eigenvalue weighted by atomic mass is 15.2. The van der Waals surface area contributed by atoms with Crippen LogP contribution in [-0.2, 0) is 0 Å². The summed E-state index contributed by atoms with van der Waals surface area (Å²) in [5.74, 6) is 0.333. The molecule has 8 heavy (non-hydrogen) atoms. The van der Waals surface area contributed by atoms with Crippen LogP contribution >= 0.6 is 0 Å². The van der Waals surface area contributed by atoms with E-state index in [4.69, 9.17) is 5.73 Å². The van der Waals surface area contributed by atoms with Gasteiger partial charge in [0.25, 0.3) is 0 Å². The Labute approximate surface area is 48.6 Å². The summed E-state index contributed by atoms with van der Waals surface area (Å²) in [4.78, 5) is 0. The highest BCUT2D eigenvalue weighted by Gasteiger charge is 1.86. The topological polar surface area (TPSA) is 50.7 Å². The standard InChI is InChI=1S/C5H9N3/c1-4(2)5(6)8-7-3/h1,3H2,2H3,(H2,6,8). The third kappa shape index (κ3) is 2.12. The maximum absolute atomic E-state index is 5.24. The SMILES string of the molecule is C=N/N=C(/N)C(=C)C. The van der Waals surface area contributed by atoms with E-state index >= 15 is 0 Å². The Morgan fingerprint density at radius 3 is 2.25 bits per heavy atom. The lowest BCUT2D eigenvalue weighted by Gasteiger charge is -1.90. The van der Waals surface area contributed by atoms with Gasteiger partial charge < -0.3 is 5.73 Å². The van der Waals surface area contributed by atoms with Crippen LogP contribution in [0.5, 0.6) is 0 Å². The Bertz CT molecular complexity index is 135. The second kappa shape index (κ2) is 2.96. The number of nitrogens with two attached hydrogens (primary N) is 1. The molecule has 0 saturated carbocycles. The first-order valence-electron chi connectivity index (χ1n) is 2.13. The van der Waals surface area contributed by atoms with E-state index in [2.05, 4.69) is 23.5 Å². The first kappa shape index (κ1) is 6.88. The van der Waals surface area contributed by atoms with Crippen molar-refractivity contribution >= 4 is 12.6 Å². The lowest BCUT2D eigenvalue weighted by Crippen LogP contribution is -2.10. The average molecular weight is 111 g/mol. The van der Waals surface area contributed by atoms with Gasteiger partial charge in [0.1, 0.15) is 5.84 Å². The van der Waals surface area contributed by atoms with E-state index in [0.717, 1.165) is 0 Å². The minimum atomic E-state index is 0.333. The van der Waals surface area contributed by atoms with Crippen LogP contribution in [-0.4, -0.2) is 12.6 Å². The molecule has 0 bridgehead atoms. The van der Waals surface area contributed by atoms with Crippen molar-refractivity contribution in [2.24, 2.45) is 15.9 Å². The fraction of sp³-hybridized carbons (Fsp3) is 0.200. The molecule has 0 aromatic carbocycles. The monoisotopic (exact) mass is 111 g/mol. The van der Waals surface area contributed by atoms with Gasteiger partial charge in [0.05, 0.1) is 0 Å². The first-order valence-corrected chi connectivity index (χ1v) is 2.13. The predicted octanol–water partition coefficient (Wildman–Crippen LogP) is 0.535. The molecule has 0 radical (unpaired) electrons. The molecule has 0 fully saturated rings. The Morgan fingerprint density at radius 2 is 2.12 bits per heavy atom. The summed E-state index contributed by atoms with van der Waals surface area (Å²) in [5, 5.41) is 6.64. The van der Waals surface area contributed by atoms with Gasteiger partial charge in [0.15, 0.2) is 0 Å². The molecule has 0 spiro atoms. The second-order valence-corrected chi connectivity index (χ2v) is 1.41. The predicted molar refractivity (Wildman–Crippen MR) is 36.0 cm³/mol. The summed E-state index contributed by atoms with van der Waals surface area (Å²) in [6.45, 7) is 8.41. The van der Waals surface area contributed by atoms with Crippen molar-refractivity contribution in [3.05, 3.63) is 12.2 Å². The molecule has 0 aromatic heterocycles. The maximum Gasteiger partial charge on any atom is 0.148 e. The van der Waals surface area contributed by atoms with Crippen LogP contribution in [0.25, 0.3) is 0 Å². The van der Waals surface area contributed by atoms with Gasteiger partial charge in [-0.15, -0.1) is 5.10 Å². The summed E-state index contributed by atoms with van der Waals surface area (Å²) in [5.41, 5.74) is 5.95. The fourth-order valence-corrected chi connectivity index (χ4v) is 0.162. The largest absolute Gasteiger partial charge is 0.382 e. The summed E-state index contributed by atoms with van der Waals surface area (Å²) < 4.78 is 0. The molecule has 0 aliphatic heterocycles.